The van der Waals surface area contributed by atoms with Crippen molar-refractivity contribution in [1.29, 1.82) is 0 Å². The predicted octanol–water partition coefficient (Wildman–Crippen LogP) is 20.0. The van der Waals surface area contributed by atoms with Gasteiger partial charge in [-0.1, -0.05) is 111 Å². The highest BCUT2D eigenvalue weighted by Crippen LogP contribution is 2.56. The summed E-state index contributed by atoms with van der Waals surface area (Å²) in [6, 6.07) is 42.9. The fourth-order valence-electron chi connectivity index (χ4n) is 8.95. The van der Waals surface area contributed by atoms with Gasteiger partial charge in [-0.3, -0.25) is 0 Å². The Bertz CT molecular complexity index is 3390. The Labute approximate surface area is 473 Å². The summed E-state index contributed by atoms with van der Waals surface area (Å²) in [5.74, 6) is 1.80. The van der Waals surface area contributed by atoms with Gasteiger partial charge in [-0.05, 0) is 271 Å². The van der Waals surface area contributed by atoms with Crippen LogP contribution in [-0.2, 0) is 20.7 Å². The van der Waals surface area contributed by atoms with Crippen molar-refractivity contribution in [3.63, 3.8) is 0 Å². The Balaban J connectivity index is 0.000000198. The van der Waals surface area contributed by atoms with Gasteiger partial charge in [0.2, 0.25) is 15.3 Å². The normalized spacial score (nSPS) is 11.8. The van der Waals surface area contributed by atoms with Crippen molar-refractivity contribution in [2.75, 3.05) is 0 Å². The highest BCUT2D eigenvalue weighted by Gasteiger charge is 2.72. The summed E-state index contributed by atoms with van der Waals surface area (Å²) in [6.07, 6.45) is -11.1. The second-order valence-corrected chi connectivity index (χ2v) is 24.1. The first-order valence-electron chi connectivity index (χ1n) is 26.7. The first-order valence-corrected chi connectivity index (χ1v) is 28.2. The minimum atomic E-state index is -5.55. The average Bonchev–Trinajstić information content (AvgIpc) is 3.36. The van der Waals surface area contributed by atoms with Gasteiger partial charge in [0.05, 0.1) is 9.79 Å². The van der Waals surface area contributed by atoms with Crippen molar-refractivity contribution >= 4 is 9.84 Å². The Morgan fingerprint density at radius 1 is 0.287 bits per heavy atom. The van der Waals surface area contributed by atoms with Crippen LogP contribution in [0.2, 0.25) is 0 Å². The molecule has 0 atom stereocenters. The van der Waals surface area contributed by atoms with E-state index >= 15 is 0 Å². The van der Waals surface area contributed by atoms with Gasteiger partial charge in [0.25, 0.3) is 0 Å². The van der Waals surface area contributed by atoms with E-state index in [0.29, 0.717) is 32.0 Å². The van der Waals surface area contributed by atoms with Crippen molar-refractivity contribution in [3.05, 3.63) is 257 Å². The quantitative estimate of drug-likeness (QED) is 0.142. The van der Waals surface area contributed by atoms with E-state index in [1.807, 2.05) is 52.0 Å². The summed E-state index contributed by atoms with van der Waals surface area (Å²) in [4.78, 5) is 0.720. The van der Waals surface area contributed by atoms with Gasteiger partial charge in [-0.25, -0.2) is 8.42 Å². The molecule has 0 radical (unpaired) electrons. The van der Waals surface area contributed by atoms with E-state index in [0.717, 1.165) is 58.0 Å². The van der Waals surface area contributed by atoms with Crippen LogP contribution in [-0.4, -0.2) is 20.8 Å². The number of benzene rings is 8. The lowest BCUT2D eigenvalue weighted by Crippen LogP contribution is -2.54. The number of halogens is 6. The first kappa shape index (κ1) is 63.9. The van der Waals surface area contributed by atoms with Crippen molar-refractivity contribution in [2.24, 2.45) is 0 Å². The third-order valence-electron chi connectivity index (χ3n) is 16.0. The van der Waals surface area contributed by atoms with Gasteiger partial charge < -0.3 is 4.74 Å². The number of alkyl halides is 6. The molecule has 424 valence electrons. The number of hydrogen-bond donors (Lipinski definition) is 0. The molecular weight excluding hydrogens is 1030 g/mol. The van der Waals surface area contributed by atoms with Gasteiger partial charge >= 0.3 is 12.4 Å². The molecule has 80 heavy (non-hydrogen) atoms. The van der Waals surface area contributed by atoms with E-state index < -0.39 is 38.7 Å². The van der Waals surface area contributed by atoms with Crippen LogP contribution in [0.5, 0.6) is 11.5 Å². The molecule has 0 aromatic heterocycles. The van der Waals surface area contributed by atoms with Crippen LogP contribution in [0.15, 0.2) is 155 Å². The van der Waals surface area contributed by atoms with E-state index in [-0.39, 0.29) is 5.41 Å². The van der Waals surface area contributed by atoms with Crippen LogP contribution in [0.25, 0.3) is 0 Å². The second kappa shape index (κ2) is 25.3. The van der Waals surface area contributed by atoms with Crippen LogP contribution in [0.3, 0.4) is 0 Å². The topological polar surface area (TPSA) is 43.4 Å². The molecule has 0 saturated heterocycles. The summed E-state index contributed by atoms with van der Waals surface area (Å²) in [7, 11) is -3.42. The minimum absolute atomic E-state index is 0.0525. The minimum Gasteiger partial charge on any atom is -0.457 e. The van der Waals surface area contributed by atoms with Crippen molar-refractivity contribution in [1.82, 2.24) is 0 Å². The molecular formula is C70H78F6O3S. The third-order valence-corrected chi connectivity index (χ3v) is 17.7. The zero-order chi connectivity index (χ0) is 60.0. The lowest BCUT2D eigenvalue weighted by Gasteiger charge is -2.38. The molecule has 0 fully saturated rings. The lowest BCUT2D eigenvalue weighted by atomic mass is 9.71. The van der Waals surface area contributed by atoms with E-state index in [4.69, 9.17) is 4.74 Å². The Morgan fingerprint density at radius 2 is 0.512 bits per heavy atom. The molecule has 8 aromatic rings. The third kappa shape index (κ3) is 14.5. The van der Waals surface area contributed by atoms with Crippen LogP contribution >= 0.6 is 0 Å². The van der Waals surface area contributed by atoms with E-state index in [9.17, 15) is 34.8 Å². The summed E-state index contributed by atoms with van der Waals surface area (Å²) >= 11 is 0. The summed E-state index contributed by atoms with van der Waals surface area (Å²) in [6.45, 7) is 35.8. The first-order chi connectivity index (χ1) is 37.0. The van der Waals surface area contributed by atoms with Crippen LogP contribution in [0.1, 0.15) is 125 Å². The average molecular weight is 1110 g/mol. The zero-order valence-electron chi connectivity index (χ0n) is 49.8. The van der Waals surface area contributed by atoms with E-state index in [2.05, 4.69) is 130 Å². The summed E-state index contributed by atoms with van der Waals surface area (Å²) in [5, 5.41) is 0. The lowest BCUT2D eigenvalue weighted by molar-refractivity contribution is -0.288. The van der Waals surface area contributed by atoms with Gasteiger partial charge in [0.15, 0.2) is 0 Å². The van der Waals surface area contributed by atoms with Crippen molar-refractivity contribution in [2.45, 2.75) is 158 Å². The molecule has 0 spiro atoms. The molecule has 0 amide bonds. The Hall–Kier alpha value is -6.91. The van der Waals surface area contributed by atoms with Gasteiger partial charge in [-0.15, -0.1) is 0 Å². The van der Waals surface area contributed by atoms with Crippen LogP contribution in [0, 0.1) is 111 Å². The highest BCUT2D eigenvalue weighted by molar-refractivity contribution is 7.91. The monoisotopic (exact) mass is 1110 g/mol. The highest BCUT2D eigenvalue weighted by atomic mass is 32.2. The largest absolute Gasteiger partial charge is 0.457 e. The second-order valence-electron chi connectivity index (χ2n) is 22.2. The Morgan fingerprint density at radius 3 is 0.762 bits per heavy atom. The van der Waals surface area contributed by atoms with Crippen LogP contribution < -0.4 is 4.74 Å². The maximum atomic E-state index is 14.0. The van der Waals surface area contributed by atoms with E-state index in [1.165, 1.54) is 81.6 Å². The van der Waals surface area contributed by atoms with Crippen LogP contribution in [0.4, 0.5) is 26.3 Å². The zero-order valence-corrected chi connectivity index (χ0v) is 50.6. The molecule has 0 N–H and O–H groups in total. The number of sulfone groups is 1. The van der Waals surface area contributed by atoms with E-state index in [1.54, 1.807) is 38.1 Å². The number of hydrogen-bond acceptors (Lipinski definition) is 3. The molecule has 10 heteroatoms. The molecule has 0 aliphatic rings. The maximum absolute atomic E-state index is 14.0. The molecule has 8 aromatic carbocycles. The molecule has 0 bridgehead atoms. The van der Waals surface area contributed by atoms with Gasteiger partial charge in [-0.2, -0.15) is 26.3 Å². The number of rotatable bonds is 8. The molecule has 8 rings (SSSR count). The maximum Gasteiger partial charge on any atom is 0.411 e. The molecule has 0 aliphatic heterocycles. The Kier molecular flexibility index (Phi) is 20.2. The molecule has 3 nitrogen and oxygen atoms in total. The predicted molar refractivity (Wildman–Crippen MR) is 318 cm³/mol. The molecule has 0 aliphatic carbocycles. The van der Waals surface area contributed by atoms with Crippen molar-refractivity contribution in [3.8, 4) is 11.5 Å². The molecule has 0 saturated carbocycles. The number of aryl methyl sites for hydroxylation is 16. The molecule has 0 heterocycles. The van der Waals surface area contributed by atoms with Crippen molar-refractivity contribution < 1.29 is 39.5 Å². The van der Waals surface area contributed by atoms with Gasteiger partial charge in [0, 0.05) is 5.41 Å². The fourth-order valence-corrected chi connectivity index (χ4v) is 10.4. The molecule has 0 unspecified atom stereocenters. The number of ether oxygens (including phenoxy) is 1. The SMILES string of the molecule is Cc1ccc(C(C)(C)c2ccc(C)c(C)c2)cc1C.Cc1ccc(C(c2ccc(C)c(C)c2)(C(F)(F)F)C(F)(F)F)cc1C.Cc1ccc(Oc2ccc(C)c(C)c2)cc1C.Cc1ccc(S(=O)(=O)c2ccc(C)c(C)c2)cc1C. The smallest absolute Gasteiger partial charge is 0.411 e. The van der Waals surface area contributed by atoms with Gasteiger partial charge in [0.1, 0.15) is 11.5 Å². The fraction of sp³-hybridized carbons (Fsp3) is 0.314. The standard InChI is InChI=1S/C19H18F6.C19H24.C16H18O2S.C16H18O/c1-11-5-7-15(9-13(11)3)17(18(20,21)22,19(23,24)25)16-8-6-12(2)14(4)10-16;1-13-7-9-17(11-15(13)3)19(5,6)18-10-8-14(2)16(4)12-18;1-11-5-7-15(9-13(11)3)19(17,18)16-8-6-12(2)14(4)10-16;1-11-5-7-15(9-13(11)3)17-16-8-6-12(2)14(4)10-16/h5-10H,1-4H3;7-12H,1-6H3;5-10H,1-4H3;5-10H,1-4H3. The summed E-state index contributed by atoms with van der Waals surface area (Å²) < 4.78 is 115. The summed E-state index contributed by atoms with van der Waals surface area (Å²) in [5.41, 5.74) is 13.8.